The second-order valence-electron chi connectivity index (χ2n) is 5.66. The van der Waals surface area contributed by atoms with Crippen LogP contribution >= 0.6 is 0 Å². The largest absolute Gasteiger partial charge is 0.340 e. The predicted molar refractivity (Wildman–Crippen MR) is 89.3 cm³/mol. The van der Waals surface area contributed by atoms with Gasteiger partial charge in [-0.1, -0.05) is 43.7 Å². The topological polar surface area (TPSA) is 79.4 Å². The Labute approximate surface area is 134 Å². The van der Waals surface area contributed by atoms with Gasteiger partial charge in [0.05, 0.1) is 18.1 Å². The van der Waals surface area contributed by atoms with Crippen LogP contribution in [0.5, 0.6) is 0 Å². The molecule has 3 rings (SSSR count). The van der Waals surface area contributed by atoms with Crippen LogP contribution < -0.4 is 5.69 Å². The van der Waals surface area contributed by atoms with Crippen molar-refractivity contribution >= 4 is 0 Å². The van der Waals surface area contributed by atoms with Crippen molar-refractivity contribution < 1.29 is 0 Å². The number of aromatic nitrogens is 5. The maximum atomic E-state index is 11.3. The maximum Gasteiger partial charge on any atom is 0.340 e. The Kier molecular flexibility index (Phi) is 4.41. The van der Waals surface area contributed by atoms with E-state index in [-0.39, 0.29) is 11.7 Å². The molecule has 2 heterocycles. The Hall–Kier alpha value is -2.63. The average Bonchev–Trinajstić information content (AvgIpc) is 3.19. The molecule has 0 aliphatic heterocycles. The first kappa shape index (κ1) is 15.3. The van der Waals surface area contributed by atoms with Crippen LogP contribution in [0.4, 0.5) is 0 Å². The van der Waals surface area contributed by atoms with Crippen LogP contribution in [0, 0.1) is 0 Å². The smallest absolute Gasteiger partial charge is 0.324 e. The van der Waals surface area contributed by atoms with E-state index in [1.54, 1.807) is 0 Å². The molecule has 23 heavy (non-hydrogen) atoms. The van der Waals surface area contributed by atoms with E-state index in [1.165, 1.54) is 5.69 Å². The van der Waals surface area contributed by atoms with Gasteiger partial charge in [0, 0.05) is 11.3 Å². The Morgan fingerprint density at radius 1 is 1.26 bits per heavy atom. The van der Waals surface area contributed by atoms with Crippen LogP contribution in [0.15, 0.2) is 41.5 Å². The molecular formula is C17H21N5O. The highest BCUT2D eigenvalue weighted by atomic mass is 16.1. The lowest BCUT2D eigenvalue weighted by atomic mass is 10.1. The number of nitrogens with one attached hydrogen (secondary N) is 2. The van der Waals surface area contributed by atoms with Crippen molar-refractivity contribution in [2.24, 2.45) is 0 Å². The van der Waals surface area contributed by atoms with Gasteiger partial charge in [-0.05, 0) is 19.8 Å². The second-order valence-corrected chi connectivity index (χ2v) is 5.66. The molecule has 1 unspecified atom stereocenters. The number of hydrogen-bond acceptors (Lipinski definition) is 3. The van der Waals surface area contributed by atoms with Gasteiger partial charge in [-0.2, -0.15) is 5.10 Å². The summed E-state index contributed by atoms with van der Waals surface area (Å²) in [6, 6.07) is 10.1. The first-order chi connectivity index (χ1) is 11.2. The van der Waals surface area contributed by atoms with E-state index in [0.717, 1.165) is 30.5 Å². The number of nitrogens with zero attached hydrogens (tertiary/aromatic N) is 3. The van der Waals surface area contributed by atoms with E-state index in [0.29, 0.717) is 5.82 Å². The van der Waals surface area contributed by atoms with Gasteiger partial charge in [-0.25, -0.2) is 14.9 Å². The van der Waals surface area contributed by atoms with Gasteiger partial charge < -0.3 is 4.57 Å². The summed E-state index contributed by atoms with van der Waals surface area (Å²) in [7, 11) is 0. The Balaban J connectivity index is 2.03. The number of aromatic amines is 2. The SMILES string of the molecule is CCCCc1c(-c2ccccc2)ncn1C(C)c1n[nH]c(=O)[nH]1. The number of unbranched alkanes of at least 4 members (excludes halogenated alkanes) is 1. The minimum atomic E-state index is -0.287. The number of benzene rings is 1. The van der Waals surface area contributed by atoms with E-state index >= 15 is 0 Å². The van der Waals surface area contributed by atoms with Gasteiger partial charge >= 0.3 is 5.69 Å². The molecule has 2 aromatic heterocycles. The summed E-state index contributed by atoms with van der Waals surface area (Å²) in [4.78, 5) is 18.7. The summed E-state index contributed by atoms with van der Waals surface area (Å²) in [5.74, 6) is 0.616. The lowest BCUT2D eigenvalue weighted by molar-refractivity contribution is 0.569. The molecule has 1 aromatic carbocycles. The van der Waals surface area contributed by atoms with Gasteiger partial charge in [0.2, 0.25) is 0 Å². The first-order valence-corrected chi connectivity index (χ1v) is 7.96. The van der Waals surface area contributed by atoms with Crippen molar-refractivity contribution in [2.45, 2.75) is 39.2 Å². The van der Waals surface area contributed by atoms with Crippen LogP contribution in [-0.2, 0) is 6.42 Å². The average molecular weight is 311 g/mol. The van der Waals surface area contributed by atoms with E-state index < -0.39 is 0 Å². The highest BCUT2D eigenvalue weighted by molar-refractivity contribution is 5.62. The van der Waals surface area contributed by atoms with E-state index in [1.807, 2.05) is 31.5 Å². The zero-order valence-electron chi connectivity index (χ0n) is 13.4. The van der Waals surface area contributed by atoms with Gasteiger partial charge in [0.15, 0.2) is 5.82 Å². The summed E-state index contributed by atoms with van der Waals surface area (Å²) < 4.78 is 2.10. The third-order valence-electron chi connectivity index (χ3n) is 4.04. The molecule has 0 spiro atoms. The standard InChI is InChI=1S/C17H21N5O/c1-3-4-10-14-15(13-8-6-5-7-9-13)18-11-22(14)12(2)16-19-17(23)21-20-16/h5-9,11-12H,3-4,10H2,1-2H3,(H2,19,20,21,23). The molecule has 0 fully saturated rings. The van der Waals surface area contributed by atoms with Gasteiger partial charge in [0.1, 0.15) is 0 Å². The minimum absolute atomic E-state index is 0.0780. The fourth-order valence-electron chi connectivity index (χ4n) is 2.76. The maximum absolute atomic E-state index is 11.3. The Morgan fingerprint density at radius 2 is 2.04 bits per heavy atom. The van der Waals surface area contributed by atoms with Crippen molar-refractivity contribution in [1.29, 1.82) is 0 Å². The highest BCUT2D eigenvalue weighted by Crippen LogP contribution is 2.27. The molecule has 0 saturated carbocycles. The highest BCUT2D eigenvalue weighted by Gasteiger charge is 2.19. The zero-order valence-corrected chi connectivity index (χ0v) is 13.4. The molecule has 1 atom stereocenters. The Bertz CT molecular complexity index is 815. The molecule has 0 aliphatic carbocycles. The Morgan fingerprint density at radius 3 is 2.70 bits per heavy atom. The fourth-order valence-corrected chi connectivity index (χ4v) is 2.76. The number of H-pyrrole nitrogens is 2. The van der Waals surface area contributed by atoms with E-state index in [9.17, 15) is 4.79 Å². The van der Waals surface area contributed by atoms with Crippen LogP contribution in [0.3, 0.4) is 0 Å². The van der Waals surface area contributed by atoms with Crippen LogP contribution in [0.1, 0.15) is 44.2 Å². The van der Waals surface area contributed by atoms with Crippen molar-refractivity contribution in [1.82, 2.24) is 24.7 Å². The fraction of sp³-hybridized carbons (Fsp3) is 0.353. The molecule has 0 amide bonds. The molecule has 0 bridgehead atoms. The molecule has 3 aromatic rings. The molecular weight excluding hydrogens is 290 g/mol. The van der Waals surface area contributed by atoms with Crippen molar-refractivity contribution in [2.75, 3.05) is 0 Å². The summed E-state index contributed by atoms with van der Waals surface area (Å²) in [6.07, 6.45) is 4.99. The van der Waals surface area contributed by atoms with Crippen LogP contribution in [0.2, 0.25) is 0 Å². The second kappa shape index (κ2) is 6.64. The summed E-state index contributed by atoms with van der Waals surface area (Å²) >= 11 is 0. The zero-order chi connectivity index (χ0) is 16.2. The monoisotopic (exact) mass is 311 g/mol. The number of imidazole rings is 1. The molecule has 0 saturated heterocycles. The summed E-state index contributed by atoms with van der Waals surface area (Å²) in [5.41, 5.74) is 3.00. The van der Waals surface area contributed by atoms with Gasteiger partial charge in [-0.15, -0.1) is 0 Å². The lowest BCUT2D eigenvalue weighted by Gasteiger charge is -2.15. The van der Waals surface area contributed by atoms with Crippen molar-refractivity contribution in [3.63, 3.8) is 0 Å². The van der Waals surface area contributed by atoms with E-state index in [4.69, 9.17) is 0 Å². The van der Waals surface area contributed by atoms with Gasteiger partial charge in [0.25, 0.3) is 0 Å². The van der Waals surface area contributed by atoms with E-state index in [2.05, 4.69) is 43.8 Å². The first-order valence-electron chi connectivity index (χ1n) is 7.96. The molecule has 0 aliphatic rings. The molecule has 2 N–H and O–H groups in total. The molecule has 6 heteroatoms. The van der Waals surface area contributed by atoms with Crippen molar-refractivity contribution in [3.8, 4) is 11.3 Å². The number of hydrogen-bond donors (Lipinski definition) is 2. The summed E-state index contributed by atoms with van der Waals surface area (Å²) in [6.45, 7) is 4.19. The van der Waals surface area contributed by atoms with Gasteiger partial charge in [-0.3, -0.25) is 4.98 Å². The lowest BCUT2D eigenvalue weighted by Crippen LogP contribution is -2.12. The quantitative estimate of drug-likeness (QED) is 0.734. The predicted octanol–water partition coefficient (Wildman–Crippen LogP) is 2.91. The van der Waals surface area contributed by atoms with Crippen LogP contribution in [0.25, 0.3) is 11.3 Å². The third kappa shape index (κ3) is 3.11. The number of rotatable bonds is 6. The summed E-state index contributed by atoms with van der Waals surface area (Å²) in [5, 5.41) is 6.48. The molecule has 0 radical (unpaired) electrons. The van der Waals surface area contributed by atoms with Crippen LogP contribution in [-0.4, -0.2) is 24.7 Å². The normalized spacial score (nSPS) is 12.4. The molecule has 6 nitrogen and oxygen atoms in total. The minimum Gasteiger partial charge on any atom is -0.324 e. The molecule has 120 valence electrons. The van der Waals surface area contributed by atoms with Crippen molar-refractivity contribution in [3.05, 3.63) is 58.7 Å². The third-order valence-corrected chi connectivity index (χ3v) is 4.04.